The summed E-state index contributed by atoms with van der Waals surface area (Å²) in [5.41, 5.74) is 2.04. The Hall–Kier alpha value is -3.40. The van der Waals surface area contributed by atoms with E-state index >= 15 is 0 Å². The van der Waals surface area contributed by atoms with E-state index in [1.807, 2.05) is 13.0 Å². The van der Waals surface area contributed by atoms with Gasteiger partial charge in [-0.2, -0.15) is 4.98 Å². The number of benzene rings is 2. The highest BCUT2D eigenvalue weighted by Crippen LogP contribution is 2.22. The molecule has 0 unspecified atom stereocenters. The zero-order valence-corrected chi connectivity index (χ0v) is 18.5. The number of sulfonamides is 1. The summed E-state index contributed by atoms with van der Waals surface area (Å²) in [7, 11) is -2.11. The van der Waals surface area contributed by atoms with Crippen LogP contribution in [0.1, 0.15) is 18.4 Å². The molecule has 3 aromatic rings. The van der Waals surface area contributed by atoms with Crippen molar-refractivity contribution >= 4 is 21.6 Å². The van der Waals surface area contributed by atoms with E-state index in [4.69, 9.17) is 9.26 Å². The van der Waals surface area contributed by atoms with Gasteiger partial charge in [0.1, 0.15) is 11.8 Å². The number of hydrogen-bond acceptors (Lipinski definition) is 7. The topological polar surface area (TPSA) is 115 Å². The molecule has 1 N–H and O–H groups in total. The molecular formula is C21H24N4O5S. The Bertz CT molecular complexity index is 1160. The van der Waals surface area contributed by atoms with Crippen molar-refractivity contribution in [2.75, 3.05) is 17.7 Å². The molecule has 0 saturated heterocycles. The van der Waals surface area contributed by atoms with Crippen LogP contribution >= 0.6 is 0 Å². The van der Waals surface area contributed by atoms with Gasteiger partial charge in [-0.3, -0.25) is 9.10 Å². The number of nitrogens with zero attached hydrogens (tertiary/aromatic N) is 3. The number of anilines is 1. The summed E-state index contributed by atoms with van der Waals surface area (Å²) in [5.74, 6) is 0.791. The molecule has 0 aliphatic carbocycles. The maximum absolute atomic E-state index is 12.7. The Morgan fingerprint density at radius 1 is 1.23 bits per heavy atom. The van der Waals surface area contributed by atoms with Gasteiger partial charge in [0.2, 0.25) is 27.6 Å². The molecule has 1 heterocycles. The molecule has 31 heavy (non-hydrogen) atoms. The second kappa shape index (κ2) is 9.17. The van der Waals surface area contributed by atoms with E-state index in [1.165, 1.54) is 6.92 Å². The van der Waals surface area contributed by atoms with Crippen molar-refractivity contribution in [2.24, 2.45) is 0 Å². The molecule has 1 aromatic heterocycles. The fraction of sp³-hybridized carbons (Fsp3) is 0.286. The van der Waals surface area contributed by atoms with Crippen LogP contribution in [-0.2, 0) is 21.4 Å². The molecule has 0 fully saturated rings. The zero-order chi connectivity index (χ0) is 22.6. The minimum absolute atomic E-state index is 0.0300. The number of hydrogen-bond donors (Lipinski definition) is 1. The predicted octanol–water partition coefficient (Wildman–Crippen LogP) is 2.52. The fourth-order valence-electron chi connectivity index (χ4n) is 3.07. The number of aryl methyl sites for hydroxylation is 1. The molecular weight excluding hydrogens is 420 g/mol. The summed E-state index contributed by atoms with van der Waals surface area (Å²) in [6, 6.07) is 13.1. The molecule has 0 radical (unpaired) electrons. The van der Waals surface area contributed by atoms with E-state index in [1.54, 1.807) is 49.6 Å². The summed E-state index contributed by atoms with van der Waals surface area (Å²) >= 11 is 0. The molecule has 0 aliphatic rings. The van der Waals surface area contributed by atoms with Crippen LogP contribution in [0.4, 0.5) is 5.69 Å². The number of carbonyl (C=O) groups is 1. The Kier molecular flexibility index (Phi) is 6.59. The molecule has 164 valence electrons. The zero-order valence-electron chi connectivity index (χ0n) is 17.7. The largest absolute Gasteiger partial charge is 0.497 e. The van der Waals surface area contributed by atoms with E-state index in [0.717, 1.165) is 21.7 Å². The summed E-state index contributed by atoms with van der Waals surface area (Å²) < 4.78 is 36.1. The summed E-state index contributed by atoms with van der Waals surface area (Å²) in [6.07, 6.45) is 1.07. The number of methoxy groups -OCH3 is 1. The van der Waals surface area contributed by atoms with Crippen LogP contribution in [0.2, 0.25) is 0 Å². The van der Waals surface area contributed by atoms with Crippen LogP contribution in [-0.4, -0.2) is 43.9 Å². The molecule has 1 atom stereocenters. The standard InChI is InChI=1S/C21H24N4O5S/c1-14-6-5-7-17(12-14)25(31(4,27)28)15(2)21(26)22-13-19-23-20(24-30-19)16-8-10-18(29-3)11-9-16/h5-12,15H,13H2,1-4H3,(H,22,26)/t15-/m1/s1. The van der Waals surface area contributed by atoms with Crippen LogP contribution in [0.25, 0.3) is 11.4 Å². The molecule has 3 rings (SSSR count). The smallest absolute Gasteiger partial charge is 0.246 e. The number of carbonyl (C=O) groups excluding carboxylic acids is 1. The van der Waals surface area contributed by atoms with Crippen LogP contribution in [0.15, 0.2) is 53.1 Å². The number of nitrogens with one attached hydrogen (secondary N) is 1. The predicted molar refractivity (Wildman–Crippen MR) is 116 cm³/mol. The van der Waals surface area contributed by atoms with Gasteiger partial charge in [-0.25, -0.2) is 8.42 Å². The van der Waals surface area contributed by atoms with Gasteiger partial charge in [0, 0.05) is 5.56 Å². The first kappa shape index (κ1) is 22.3. The molecule has 10 heteroatoms. The molecule has 0 aliphatic heterocycles. The van der Waals surface area contributed by atoms with Gasteiger partial charge in [-0.05, 0) is 55.8 Å². The molecule has 0 bridgehead atoms. The first-order chi connectivity index (χ1) is 14.7. The molecule has 1 amide bonds. The lowest BCUT2D eigenvalue weighted by Gasteiger charge is -2.28. The normalized spacial score (nSPS) is 12.3. The third-order valence-electron chi connectivity index (χ3n) is 4.57. The van der Waals surface area contributed by atoms with E-state index in [0.29, 0.717) is 17.3 Å². The van der Waals surface area contributed by atoms with Crippen molar-refractivity contribution in [3.63, 3.8) is 0 Å². The quantitative estimate of drug-likeness (QED) is 0.568. The molecule has 9 nitrogen and oxygen atoms in total. The first-order valence-corrected chi connectivity index (χ1v) is 11.3. The van der Waals surface area contributed by atoms with Crippen molar-refractivity contribution in [3.8, 4) is 17.1 Å². The average molecular weight is 445 g/mol. The maximum Gasteiger partial charge on any atom is 0.246 e. The van der Waals surface area contributed by atoms with Crippen LogP contribution in [0, 0.1) is 6.92 Å². The van der Waals surface area contributed by atoms with Crippen molar-refractivity contribution in [3.05, 3.63) is 60.0 Å². The van der Waals surface area contributed by atoms with Gasteiger partial charge in [-0.15, -0.1) is 0 Å². The second-order valence-corrected chi connectivity index (χ2v) is 8.89. The van der Waals surface area contributed by atoms with Crippen LogP contribution in [0.3, 0.4) is 0 Å². The summed E-state index contributed by atoms with van der Waals surface area (Å²) in [4.78, 5) is 17.0. The number of aromatic nitrogens is 2. The molecule has 0 saturated carbocycles. The highest BCUT2D eigenvalue weighted by Gasteiger charge is 2.29. The van der Waals surface area contributed by atoms with Gasteiger partial charge in [0.15, 0.2) is 0 Å². The minimum Gasteiger partial charge on any atom is -0.497 e. The monoisotopic (exact) mass is 444 g/mol. The van der Waals surface area contributed by atoms with E-state index < -0.39 is 22.0 Å². The Balaban J connectivity index is 1.70. The third kappa shape index (κ3) is 5.40. The van der Waals surface area contributed by atoms with Crippen LogP contribution < -0.4 is 14.4 Å². The third-order valence-corrected chi connectivity index (χ3v) is 5.82. The van der Waals surface area contributed by atoms with Gasteiger partial charge >= 0.3 is 0 Å². The lowest BCUT2D eigenvalue weighted by molar-refractivity contribution is -0.122. The Morgan fingerprint density at radius 2 is 1.94 bits per heavy atom. The van der Waals surface area contributed by atoms with E-state index in [9.17, 15) is 13.2 Å². The van der Waals surface area contributed by atoms with Gasteiger partial charge < -0.3 is 14.6 Å². The van der Waals surface area contributed by atoms with E-state index in [-0.39, 0.29) is 12.4 Å². The van der Waals surface area contributed by atoms with Crippen molar-refractivity contribution < 1.29 is 22.5 Å². The highest BCUT2D eigenvalue weighted by molar-refractivity contribution is 7.92. The SMILES string of the molecule is COc1ccc(-c2noc(CNC(=O)[C@@H](C)N(c3cccc(C)c3)S(C)(=O)=O)n2)cc1. The number of amides is 1. The fourth-order valence-corrected chi connectivity index (χ4v) is 4.23. The minimum atomic E-state index is -3.69. The number of ether oxygens (including phenoxy) is 1. The second-order valence-electron chi connectivity index (χ2n) is 7.03. The lowest BCUT2D eigenvalue weighted by Crippen LogP contribution is -2.47. The maximum atomic E-state index is 12.7. The highest BCUT2D eigenvalue weighted by atomic mass is 32.2. The van der Waals surface area contributed by atoms with Crippen molar-refractivity contribution in [2.45, 2.75) is 26.4 Å². The van der Waals surface area contributed by atoms with Crippen molar-refractivity contribution in [1.82, 2.24) is 15.5 Å². The molecule has 0 spiro atoms. The van der Waals surface area contributed by atoms with E-state index in [2.05, 4.69) is 15.5 Å². The Labute approximate surface area is 181 Å². The first-order valence-electron chi connectivity index (χ1n) is 9.50. The molecule has 2 aromatic carbocycles. The van der Waals surface area contributed by atoms with Gasteiger partial charge in [-0.1, -0.05) is 17.3 Å². The lowest BCUT2D eigenvalue weighted by atomic mass is 10.2. The summed E-state index contributed by atoms with van der Waals surface area (Å²) in [5, 5.41) is 6.57. The van der Waals surface area contributed by atoms with Crippen LogP contribution in [0.5, 0.6) is 5.75 Å². The van der Waals surface area contributed by atoms with Gasteiger partial charge in [0.05, 0.1) is 25.6 Å². The Morgan fingerprint density at radius 3 is 2.55 bits per heavy atom. The van der Waals surface area contributed by atoms with Gasteiger partial charge in [0.25, 0.3) is 0 Å². The summed E-state index contributed by atoms with van der Waals surface area (Å²) in [6.45, 7) is 3.34. The average Bonchev–Trinajstić information content (AvgIpc) is 3.20. The van der Waals surface area contributed by atoms with Crippen molar-refractivity contribution in [1.29, 1.82) is 0 Å². The number of rotatable bonds is 8.